The number of likely N-dealkylation sites (tertiary alicyclic amines) is 1. The molecule has 0 spiro atoms. The first-order valence-corrected chi connectivity index (χ1v) is 7.49. The molecule has 1 saturated heterocycles. The first kappa shape index (κ1) is 15.5. The number of rotatable bonds is 4. The van der Waals surface area contributed by atoms with Gasteiger partial charge in [-0.15, -0.1) is 0 Å². The third kappa shape index (κ3) is 3.43. The van der Waals surface area contributed by atoms with Crippen LogP contribution in [0.4, 0.5) is 0 Å². The van der Waals surface area contributed by atoms with Crippen LogP contribution in [0.1, 0.15) is 43.9 Å². The maximum absolute atomic E-state index is 12.3. The molecule has 1 aromatic carbocycles. The fraction of sp³-hybridized carbons (Fsp3) is 0.529. The maximum atomic E-state index is 12.3. The molecule has 1 amide bonds. The Morgan fingerprint density at radius 3 is 2.48 bits per heavy atom. The van der Waals surface area contributed by atoms with Gasteiger partial charge < -0.3 is 10.0 Å². The van der Waals surface area contributed by atoms with Gasteiger partial charge in [0.1, 0.15) is 0 Å². The summed E-state index contributed by atoms with van der Waals surface area (Å²) < 4.78 is 0. The van der Waals surface area contributed by atoms with Gasteiger partial charge in [-0.3, -0.25) is 9.59 Å². The number of carbonyl (C=O) groups is 2. The Bertz CT molecular complexity index is 521. The van der Waals surface area contributed by atoms with Gasteiger partial charge in [-0.25, -0.2) is 0 Å². The molecule has 1 heterocycles. The molecule has 0 bridgehead atoms. The molecule has 2 rings (SSSR count). The lowest BCUT2D eigenvalue weighted by Crippen LogP contribution is -2.46. The molecule has 0 radical (unpaired) electrons. The molecule has 2 unspecified atom stereocenters. The Labute approximate surface area is 125 Å². The Morgan fingerprint density at radius 2 is 1.95 bits per heavy atom. The largest absolute Gasteiger partial charge is 0.481 e. The Morgan fingerprint density at radius 1 is 1.33 bits per heavy atom. The molecule has 0 saturated carbocycles. The molecule has 2 atom stereocenters. The summed E-state index contributed by atoms with van der Waals surface area (Å²) in [4.78, 5) is 25.6. The molecule has 1 N–H and O–H groups in total. The zero-order valence-corrected chi connectivity index (χ0v) is 12.9. The van der Waals surface area contributed by atoms with Gasteiger partial charge in [-0.2, -0.15) is 0 Å². The van der Waals surface area contributed by atoms with E-state index >= 15 is 0 Å². The number of benzene rings is 1. The topological polar surface area (TPSA) is 57.6 Å². The van der Waals surface area contributed by atoms with Crippen LogP contribution in [-0.4, -0.2) is 28.4 Å². The molecule has 4 nitrogen and oxygen atoms in total. The highest BCUT2D eigenvalue weighted by Gasteiger charge is 2.40. The van der Waals surface area contributed by atoms with Crippen LogP contribution in [0.2, 0.25) is 0 Å². The van der Waals surface area contributed by atoms with Crippen molar-refractivity contribution in [1.29, 1.82) is 0 Å². The second-order valence-corrected chi connectivity index (χ2v) is 6.28. The van der Waals surface area contributed by atoms with Gasteiger partial charge in [0, 0.05) is 13.0 Å². The molecule has 4 heteroatoms. The number of amides is 1. The molecule has 1 aromatic rings. The number of carboxylic acids is 1. The van der Waals surface area contributed by atoms with Crippen LogP contribution < -0.4 is 0 Å². The summed E-state index contributed by atoms with van der Waals surface area (Å²) in [5.41, 5.74) is 2.05. The van der Waals surface area contributed by atoms with E-state index in [2.05, 4.69) is 0 Å². The first-order valence-electron chi connectivity index (χ1n) is 7.49. The lowest BCUT2D eigenvalue weighted by molar-refractivity contribution is -0.152. The Hall–Kier alpha value is -1.84. The van der Waals surface area contributed by atoms with Crippen molar-refractivity contribution in [3.8, 4) is 0 Å². The van der Waals surface area contributed by atoms with E-state index in [1.54, 1.807) is 4.90 Å². The van der Waals surface area contributed by atoms with Gasteiger partial charge >= 0.3 is 5.97 Å². The van der Waals surface area contributed by atoms with E-state index in [9.17, 15) is 14.7 Å². The van der Waals surface area contributed by atoms with Crippen molar-refractivity contribution >= 4 is 11.9 Å². The monoisotopic (exact) mass is 289 g/mol. The molecular formula is C17H23NO3. The maximum Gasteiger partial charge on any atom is 0.308 e. The van der Waals surface area contributed by atoms with E-state index in [1.165, 1.54) is 0 Å². The standard InChI is InChI=1S/C17H23NO3/c1-11(2)10-18-15(19)9-8-14(17(20)21)16(18)13-6-4-12(3)5-7-13/h4-7,11,14,16H,8-10H2,1-3H3,(H,20,21). The van der Waals surface area contributed by atoms with Crippen LogP contribution in [0.5, 0.6) is 0 Å². The minimum absolute atomic E-state index is 0.0618. The van der Waals surface area contributed by atoms with Crippen molar-refractivity contribution in [2.75, 3.05) is 6.54 Å². The molecular weight excluding hydrogens is 266 g/mol. The van der Waals surface area contributed by atoms with Crippen molar-refractivity contribution < 1.29 is 14.7 Å². The van der Waals surface area contributed by atoms with Crippen molar-refractivity contribution in [3.05, 3.63) is 35.4 Å². The van der Waals surface area contributed by atoms with Gasteiger partial charge in [0.25, 0.3) is 0 Å². The summed E-state index contributed by atoms with van der Waals surface area (Å²) >= 11 is 0. The van der Waals surface area contributed by atoms with Crippen LogP contribution >= 0.6 is 0 Å². The minimum Gasteiger partial charge on any atom is -0.481 e. The second-order valence-electron chi connectivity index (χ2n) is 6.28. The predicted molar refractivity (Wildman–Crippen MR) is 80.8 cm³/mol. The number of hydrogen-bond acceptors (Lipinski definition) is 2. The van der Waals surface area contributed by atoms with Gasteiger partial charge in [0.2, 0.25) is 5.91 Å². The highest BCUT2D eigenvalue weighted by atomic mass is 16.4. The van der Waals surface area contributed by atoms with Gasteiger partial charge in [0.15, 0.2) is 0 Å². The number of piperidine rings is 1. The van der Waals surface area contributed by atoms with E-state index in [0.717, 1.165) is 11.1 Å². The average Bonchev–Trinajstić information content (AvgIpc) is 2.41. The molecule has 1 fully saturated rings. The van der Waals surface area contributed by atoms with Crippen LogP contribution in [0.3, 0.4) is 0 Å². The van der Waals surface area contributed by atoms with E-state index in [-0.39, 0.29) is 11.9 Å². The van der Waals surface area contributed by atoms with E-state index in [0.29, 0.717) is 25.3 Å². The third-order valence-corrected chi connectivity index (χ3v) is 4.00. The summed E-state index contributed by atoms with van der Waals surface area (Å²) in [5, 5.41) is 9.52. The number of hydrogen-bond donors (Lipinski definition) is 1. The molecule has 21 heavy (non-hydrogen) atoms. The number of aliphatic carboxylic acids is 1. The Balaban J connectivity index is 2.40. The number of nitrogens with zero attached hydrogens (tertiary/aromatic N) is 1. The van der Waals surface area contributed by atoms with Crippen molar-refractivity contribution in [2.24, 2.45) is 11.8 Å². The van der Waals surface area contributed by atoms with E-state index in [4.69, 9.17) is 0 Å². The fourth-order valence-electron chi connectivity index (χ4n) is 3.00. The predicted octanol–water partition coefficient (Wildman–Crippen LogP) is 3.02. The number of carbonyl (C=O) groups excluding carboxylic acids is 1. The fourth-order valence-corrected chi connectivity index (χ4v) is 3.00. The highest BCUT2D eigenvalue weighted by Crippen LogP contribution is 2.37. The molecule has 1 aliphatic rings. The molecule has 114 valence electrons. The van der Waals surface area contributed by atoms with Crippen molar-refractivity contribution in [1.82, 2.24) is 4.90 Å². The minimum atomic E-state index is -0.818. The van der Waals surface area contributed by atoms with Crippen LogP contribution in [-0.2, 0) is 9.59 Å². The van der Waals surface area contributed by atoms with Crippen molar-refractivity contribution in [3.63, 3.8) is 0 Å². The van der Waals surface area contributed by atoms with Gasteiger partial charge in [0.05, 0.1) is 12.0 Å². The Kier molecular flexibility index (Phi) is 4.66. The van der Waals surface area contributed by atoms with E-state index < -0.39 is 11.9 Å². The van der Waals surface area contributed by atoms with Gasteiger partial charge in [-0.05, 0) is 24.8 Å². The first-order chi connectivity index (χ1) is 9.90. The van der Waals surface area contributed by atoms with Crippen molar-refractivity contribution in [2.45, 2.75) is 39.7 Å². The number of aryl methyl sites for hydroxylation is 1. The van der Waals surface area contributed by atoms with Crippen LogP contribution in [0.15, 0.2) is 24.3 Å². The smallest absolute Gasteiger partial charge is 0.308 e. The highest BCUT2D eigenvalue weighted by molar-refractivity contribution is 5.81. The normalized spacial score (nSPS) is 22.7. The van der Waals surface area contributed by atoms with Crippen LogP contribution in [0, 0.1) is 18.8 Å². The lowest BCUT2D eigenvalue weighted by atomic mass is 9.83. The van der Waals surface area contributed by atoms with Gasteiger partial charge in [-0.1, -0.05) is 43.7 Å². The second kappa shape index (κ2) is 6.29. The molecule has 0 aromatic heterocycles. The summed E-state index contributed by atoms with van der Waals surface area (Å²) in [6.07, 6.45) is 0.743. The molecule has 0 aliphatic carbocycles. The summed E-state index contributed by atoms with van der Waals surface area (Å²) in [7, 11) is 0. The number of carboxylic acid groups (broad SMARTS) is 1. The quantitative estimate of drug-likeness (QED) is 0.927. The zero-order chi connectivity index (χ0) is 15.6. The summed E-state index contributed by atoms with van der Waals surface area (Å²) in [5.74, 6) is -0.966. The summed E-state index contributed by atoms with van der Waals surface area (Å²) in [6, 6.07) is 7.48. The van der Waals surface area contributed by atoms with E-state index in [1.807, 2.05) is 45.0 Å². The molecule has 1 aliphatic heterocycles. The third-order valence-electron chi connectivity index (χ3n) is 4.00. The lowest BCUT2D eigenvalue weighted by Gasteiger charge is -2.40. The zero-order valence-electron chi connectivity index (χ0n) is 12.9. The SMILES string of the molecule is Cc1ccc(C2C(C(=O)O)CCC(=O)N2CC(C)C)cc1. The summed E-state index contributed by atoms with van der Waals surface area (Å²) in [6.45, 7) is 6.69. The van der Waals surface area contributed by atoms with Crippen LogP contribution in [0.25, 0.3) is 0 Å². The average molecular weight is 289 g/mol.